The third-order valence-electron chi connectivity index (χ3n) is 2.94. The van der Waals surface area contributed by atoms with Gasteiger partial charge in [-0.15, -0.1) is 0 Å². The summed E-state index contributed by atoms with van der Waals surface area (Å²) >= 11 is 0. The maximum atomic E-state index is 12.7. The van der Waals surface area contributed by atoms with Crippen LogP contribution >= 0.6 is 0 Å². The van der Waals surface area contributed by atoms with Gasteiger partial charge in [-0.05, 0) is 37.1 Å². The molecular formula is C12H15FN2O2. The Labute approximate surface area is 99.0 Å². The van der Waals surface area contributed by atoms with Crippen molar-refractivity contribution in [3.63, 3.8) is 0 Å². The van der Waals surface area contributed by atoms with Gasteiger partial charge < -0.3 is 15.3 Å². The second-order valence-electron chi connectivity index (χ2n) is 4.11. The molecule has 2 N–H and O–H groups in total. The minimum atomic E-state index is -0.336. The number of aliphatic hydroxyl groups excluding tert-OH is 1. The summed E-state index contributed by atoms with van der Waals surface area (Å²) in [5, 5.41) is 11.8. The summed E-state index contributed by atoms with van der Waals surface area (Å²) in [6, 6.07) is 5.27. The van der Waals surface area contributed by atoms with Gasteiger partial charge in [0.25, 0.3) is 0 Å². The Hall–Kier alpha value is -1.62. The van der Waals surface area contributed by atoms with Crippen LogP contribution in [-0.2, 0) is 0 Å². The van der Waals surface area contributed by atoms with E-state index in [4.69, 9.17) is 5.11 Å². The monoisotopic (exact) mass is 238 g/mol. The Bertz CT molecular complexity index is 394. The van der Waals surface area contributed by atoms with Crippen LogP contribution in [0.25, 0.3) is 0 Å². The van der Waals surface area contributed by atoms with Crippen LogP contribution in [0.2, 0.25) is 0 Å². The summed E-state index contributed by atoms with van der Waals surface area (Å²) in [4.78, 5) is 13.5. The van der Waals surface area contributed by atoms with Gasteiger partial charge >= 0.3 is 6.03 Å². The fraction of sp³-hybridized carbons (Fsp3) is 0.417. The van der Waals surface area contributed by atoms with Crippen molar-refractivity contribution in [1.82, 2.24) is 4.90 Å². The Morgan fingerprint density at radius 1 is 1.47 bits per heavy atom. The number of carbonyl (C=O) groups excluding carboxylic acids is 1. The van der Waals surface area contributed by atoms with Crippen LogP contribution in [0.3, 0.4) is 0 Å². The number of amides is 2. The van der Waals surface area contributed by atoms with Gasteiger partial charge in [0.1, 0.15) is 5.82 Å². The van der Waals surface area contributed by atoms with Crippen LogP contribution < -0.4 is 5.32 Å². The lowest BCUT2D eigenvalue weighted by Crippen LogP contribution is -2.40. The number of benzene rings is 1. The molecule has 4 nitrogen and oxygen atoms in total. The Morgan fingerprint density at radius 2 is 2.18 bits per heavy atom. The van der Waals surface area contributed by atoms with E-state index in [1.807, 2.05) is 0 Å². The lowest BCUT2D eigenvalue weighted by Gasteiger charge is -2.23. The highest BCUT2D eigenvalue weighted by Crippen LogP contribution is 2.18. The molecule has 1 saturated heterocycles. The first kappa shape index (κ1) is 11.9. The molecule has 2 rings (SSSR count). The van der Waals surface area contributed by atoms with E-state index in [0.717, 1.165) is 12.8 Å². The van der Waals surface area contributed by atoms with Crippen molar-refractivity contribution in [2.45, 2.75) is 18.9 Å². The van der Waals surface area contributed by atoms with Crippen molar-refractivity contribution in [1.29, 1.82) is 0 Å². The molecule has 0 saturated carbocycles. The molecule has 0 spiro atoms. The minimum absolute atomic E-state index is 0.0170. The van der Waals surface area contributed by atoms with Crippen LogP contribution in [-0.4, -0.2) is 35.2 Å². The molecule has 1 aliphatic rings. The number of nitrogens with zero attached hydrogens (tertiary/aromatic N) is 1. The molecule has 1 aliphatic heterocycles. The van der Waals surface area contributed by atoms with Crippen LogP contribution in [0.15, 0.2) is 24.3 Å². The van der Waals surface area contributed by atoms with Gasteiger partial charge in [0, 0.05) is 12.2 Å². The van der Waals surface area contributed by atoms with E-state index in [9.17, 15) is 9.18 Å². The van der Waals surface area contributed by atoms with Crippen molar-refractivity contribution in [3.05, 3.63) is 30.1 Å². The topological polar surface area (TPSA) is 52.6 Å². The average Bonchev–Trinajstić information content (AvgIpc) is 2.80. The number of halogens is 1. The molecule has 92 valence electrons. The summed E-state index contributed by atoms with van der Waals surface area (Å²) in [6.07, 6.45) is 1.73. The van der Waals surface area contributed by atoms with Gasteiger partial charge in [0.15, 0.2) is 0 Å². The highest BCUT2D eigenvalue weighted by atomic mass is 19.1. The summed E-state index contributed by atoms with van der Waals surface area (Å²) in [7, 11) is 0. The van der Waals surface area contributed by atoms with Crippen LogP contribution in [0.5, 0.6) is 0 Å². The van der Waals surface area contributed by atoms with E-state index < -0.39 is 0 Å². The van der Waals surface area contributed by atoms with Gasteiger partial charge in [-0.25, -0.2) is 9.18 Å². The number of urea groups is 1. The SMILES string of the molecule is O=C(Nc1ccc(F)cc1)N1CCCC1CO. The number of hydrogen-bond donors (Lipinski definition) is 2. The molecule has 2 amide bonds. The largest absolute Gasteiger partial charge is 0.394 e. The van der Waals surface area contributed by atoms with Gasteiger partial charge in [0.2, 0.25) is 0 Å². The number of anilines is 1. The van der Waals surface area contributed by atoms with Gasteiger partial charge in [-0.3, -0.25) is 0 Å². The Kier molecular flexibility index (Phi) is 3.58. The number of likely N-dealkylation sites (tertiary alicyclic amines) is 1. The second-order valence-corrected chi connectivity index (χ2v) is 4.11. The maximum Gasteiger partial charge on any atom is 0.322 e. The third kappa shape index (κ3) is 2.74. The fourth-order valence-electron chi connectivity index (χ4n) is 2.02. The fourth-order valence-corrected chi connectivity index (χ4v) is 2.02. The number of aliphatic hydroxyl groups is 1. The zero-order chi connectivity index (χ0) is 12.3. The Balaban J connectivity index is 1.99. The molecule has 1 atom stereocenters. The molecule has 0 radical (unpaired) electrons. The van der Waals surface area contributed by atoms with Crippen LogP contribution in [0.4, 0.5) is 14.9 Å². The van der Waals surface area contributed by atoms with Gasteiger partial charge in [0.05, 0.1) is 12.6 Å². The molecule has 1 heterocycles. The predicted octanol–water partition coefficient (Wildman–Crippen LogP) is 1.81. The summed E-state index contributed by atoms with van der Waals surface area (Å²) in [6.45, 7) is 0.634. The molecule has 0 aromatic heterocycles. The quantitative estimate of drug-likeness (QED) is 0.825. The highest BCUT2D eigenvalue weighted by molar-refractivity contribution is 5.89. The summed E-state index contributed by atoms with van der Waals surface area (Å²) in [5.41, 5.74) is 0.556. The van der Waals surface area contributed by atoms with Gasteiger partial charge in [-0.1, -0.05) is 0 Å². The van der Waals surface area contributed by atoms with Crippen molar-refractivity contribution in [2.24, 2.45) is 0 Å². The number of nitrogens with one attached hydrogen (secondary N) is 1. The normalized spacial score (nSPS) is 19.4. The van der Waals surface area contributed by atoms with Gasteiger partial charge in [-0.2, -0.15) is 0 Å². The van der Waals surface area contributed by atoms with Crippen molar-refractivity contribution in [2.75, 3.05) is 18.5 Å². The summed E-state index contributed by atoms with van der Waals surface area (Å²) in [5.74, 6) is -0.336. The molecule has 5 heteroatoms. The third-order valence-corrected chi connectivity index (χ3v) is 2.94. The second kappa shape index (κ2) is 5.14. The lowest BCUT2D eigenvalue weighted by molar-refractivity contribution is 0.166. The molecule has 1 unspecified atom stereocenters. The zero-order valence-corrected chi connectivity index (χ0v) is 9.40. The molecular weight excluding hydrogens is 223 g/mol. The summed E-state index contributed by atoms with van der Waals surface area (Å²) < 4.78 is 12.7. The maximum absolute atomic E-state index is 12.7. The number of carbonyl (C=O) groups is 1. The first-order valence-corrected chi connectivity index (χ1v) is 5.65. The van der Waals surface area contributed by atoms with Crippen molar-refractivity contribution < 1.29 is 14.3 Å². The van der Waals surface area contributed by atoms with Crippen molar-refractivity contribution in [3.8, 4) is 0 Å². The molecule has 0 aliphatic carbocycles. The smallest absolute Gasteiger partial charge is 0.322 e. The standard InChI is InChI=1S/C12H15FN2O2/c13-9-3-5-10(6-4-9)14-12(17)15-7-1-2-11(15)8-16/h3-6,11,16H,1-2,7-8H2,(H,14,17). The first-order valence-electron chi connectivity index (χ1n) is 5.65. The molecule has 1 aromatic rings. The Morgan fingerprint density at radius 3 is 2.82 bits per heavy atom. The van der Waals surface area contributed by atoms with E-state index in [1.54, 1.807) is 4.90 Å². The predicted molar refractivity (Wildman–Crippen MR) is 62.2 cm³/mol. The average molecular weight is 238 g/mol. The number of hydrogen-bond acceptors (Lipinski definition) is 2. The van der Waals surface area contributed by atoms with E-state index in [1.165, 1.54) is 24.3 Å². The first-order chi connectivity index (χ1) is 8.20. The van der Waals surface area contributed by atoms with Crippen LogP contribution in [0, 0.1) is 5.82 Å². The lowest BCUT2D eigenvalue weighted by atomic mass is 10.2. The highest BCUT2D eigenvalue weighted by Gasteiger charge is 2.27. The molecule has 0 bridgehead atoms. The van der Waals surface area contributed by atoms with E-state index in [0.29, 0.717) is 12.2 Å². The molecule has 1 fully saturated rings. The van der Waals surface area contributed by atoms with Crippen LogP contribution in [0.1, 0.15) is 12.8 Å². The van der Waals surface area contributed by atoms with Crippen molar-refractivity contribution >= 4 is 11.7 Å². The molecule has 17 heavy (non-hydrogen) atoms. The van der Waals surface area contributed by atoms with E-state index in [2.05, 4.69) is 5.32 Å². The van der Waals surface area contributed by atoms with E-state index >= 15 is 0 Å². The number of rotatable bonds is 2. The minimum Gasteiger partial charge on any atom is -0.394 e. The van der Waals surface area contributed by atoms with E-state index in [-0.39, 0.29) is 24.5 Å². The zero-order valence-electron chi connectivity index (χ0n) is 9.40. The molecule has 1 aromatic carbocycles.